The molecule has 0 aliphatic carbocycles. The maximum absolute atomic E-state index is 11.0. The minimum absolute atomic E-state index is 0.559. The predicted molar refractivity (Wildman–Crippen MR) is 62.5 cm³/mol. The molecule has 0 saturated carbocycles. The van der Waals surface area contributed by atoms with Gasteiger partial charge in [-0.05, 0) is 39.7 Å². The fourth-order valence-corrected chi connectivity index (χ4v) is 2.20. The van der Waals surface area contributed by atoms with E-state index in [1.807, 2.05) is 7.05 Å². The Morgan fingerprint density at radius 1 is 1.56 bits per heavy atom. The number of hydrogen-bond acceptors (Lipinski definition) is 3. The quantitative estimate of drug-likeness (QED) is 0.775. The van der Waals surface area contributed by atoms with E-state index in [4.69, 9.17) is 9.84 Å². The molecule has 1 aliphatic heterocycles. The molecule has 1 unspecified atom stereocenters. The molecule has 1 atom stereocenters. The second-order valence-electron chi connectivity index (χ2n) is 5.47. The van der Waals surface area contributed by atoms with Gasteiger partial charge >= 0.3 is 5.97 Å². The van der Waals surface area contributed by atoms with Crippen molar-refractivity contribution < 1.29 is 14.6 Å². The summed E-state index contributed by atoms with van der Waals surface area (Å²) in [4.78, 5) is 13.1. The highest BCUT2D eigenvalue weighted by atomic mass is 16.5. The Hall–Kier alpha value is -0.610. The van der Waals surface area contributed by atoms with Gasteiger partial charge in [0.25, 0.3) is 0 Å². The van der Waals surface area contributed by atoms with Crippen LogP contribution in [0, 0.1) is 11.3 Å². The molecule has 1 aliphatic rings. The normalized spacial score (nSPS) is 22.4. The first-order valence-corrected chi connectivity index (χ1v) is 5.91. The van der Waals surface area contributed by atoms with Gasteiger partial charge in [0.1, 0.15) is 0 Å². The van der Waals surface area contributed by atoms with Crippen LogP contribution in [0.5, 0.6) is 0 Å². The molecule has 0 aromatic carbocycles. The molecule has 16 heavy (non-hydrogen) atoms. The van der Waals surface area contributed by atoms with Gasteiger partial charge in [0, 0.05) is 19.7 Å². The number of rotatable bonds is 5. The highest BCUT2D eigenvalue weighted by molar-refractivity contribution is 5.73. The summed E-state index contributed by atoms with van der Waals surface area (Å²) in [5, 5.41) is 9.04. The molecule has 1 N–H and O–H groups in total. The van der Waals surface area contributed by atoms with E-state index in [9.17, 15) is 4.79 Å². The number of carbonyl (C=O) groups is 1. The number of carboxylic acids is 1. The molecule has 1 saturated heterocycles. The van der Waals surface area contributed by atoms with Crippen LogP contribution in [-0.2, 0) is 9.53 Å². The molecule has 0 aromatic rings. The molecule has 0 amide bonds. The van der Waals surface area contributed by atoms with Crippen LogP contribution in [0.4, 0.5) is 0 Å². The molecule has 1 fully saturated rings. The fraction of sp³-hybridized carbons (Fsp3) is 0.917. The lowest BCUT2D eigenvalue weighted by Gasteiger charge is -2.31. The first-order valence-electron chi connectivity index (χ1n) is 5.91. The van der Waals surface area contributed by atoms with Gasteiger partial charge in [0.15, 0.2) is 0 Å². The largest absolute Gasteiger partial charge is 0.481 e. The van der Waals surface area contributed by atoms with Crippen LogP contribution in [0.15, 0.2) is 0 Å². The number of nitrogens with zero attached hydrogens (tertiary/aromatic N) is 1. The minimum Gasteiger partial charge on any atom is -0.481 e. The van der Waals surface area contributed by atoms with Gasteiger partial charge in [-0.2, -0.15) is 0 Å². The molecular formula is C12H23NO3. The van der Waals surface area contributed by atoms with Crippen LogP contribution in [0.3, 0.4) is 0 Å². The zero-order chi connectivity index (χ0) is 12.2. The van der Waals surface area contributed by atoms with E-state index in [1.165, 1.54) is 6.42 Å². The van der Waals surface area contributed by atoms with Gasteiger partial charge in [-0.25, -0.2) is 0 Å². The van der Waals surface area contributed by atoms with E-state index < -0.39 is 11.4 Å². The lowest BCUT2D eigenvalue weighted by atomic mass is 9.92. The fourth-order valence-electron chi connectivity index (χ4n) is 2.20. The Bertz CT molecular complexity index is 234. The molecule has 1 heterocycles. The lowest BCUT2D eigenvalue weighted by molar-refractivity contribution is -0.147. The summed E-state index contributed by atoms with van der Waals surface area (Å²) >= 11 is 0. The highest BCUT2D eigenvalue weighted by Gasteiger charge is 2.29. The van der Waals surface area contributed by atoms with Crippen molar-refractivity contribution in [1.82, 2.24) is 4.90 Å². The maximum Gasteiger partial charge on any atom is 0.310 e. The van der Waals surface area contributed by atoms with Crippen molar-refractivity contribution in [3.63, 3.8) is 0 Å². The van der Waals surface area contributed by atoms with Gasteiger partial charge in [-0.1, -0.05) is 0 Å². The van der Waals surface area contributed by atoms with Gasteiger partial charge < -0.3 is 14.7 Å². The van der Waals surface area contributed by atoms with Crippen molar-refractivity contribution >= 4 is 5.97 Å². The zero-order valence-corrected chi connectivity index (χ0v) is 10.5. The monoisotopic (exact) mass is 229 g/mol. The van der Waals surface area contributed by atoms with Gasteiger partial charge in [0.2, 0.25) is 0 Å². The Balaban J connectivity index is 2.34. The molecule has 0 radical (unpaired) electrons. The molecule has 4 nitrogen and oxygen atoms in total. The molecular weight excluding hydrogens is 206 g/mol. The summed E-state index contributed by atoms with van der Waals surface area (Å²) in [5.74, 6) is -0.178. The SMILES string of the molecule is CN(CC1CCCOC1)CC(C)(C)C(=O)O. The summed E-state index contributed by atoms with van der Waals surface area (Å²) in [6.45, 7) is 6.74. The number of hydrogen-bond donors (Lipinski definition) is 1. The van der Waals surface area contributed by atoms with Crippen molar-refractivity contribution in [3.05, 3.63) is 0 Å². The zero-order valence-electron chi connectivity index (χ0n) is 10.5. The van der Waals surface area contributed by atoms with E-state index in [0.29, 0.717) is 12.5 Å². The van der Waals surface area contributed by atoms with E-state index in [2.05, 4.69) is 4.90 Å². The van der Waals surface area contributed by atoms with Crippen LogP contribution in [0.25, 0.3) is 0 Å². The van der Waals surface area contributed by atoms with Crippen LogP contribution < -0.4 is 0 Å². The van der Waals surface area contributed by atoms with Gasteiger partial charge in [-0.15, -0.1) is 0 Å². The first-order chi connectivity index (χ1) is 7.42. The molecule has 1 rings (SSSR count). The number of carboxylic acid groups (broad SMARTS) is 1. The Morgan fingerprint density at radius 2 is 2.25 bits per heavy atom. The lowest BCUT2D eigenvalue weighted by Crippen LogP contribution is -2.40. The summed E-state index contributed by atoms with van der Waals surface area (Å²) in [6, 6.07) is 0. The van der Waals surface area contributed by atoms with Gasteiger partial charge in [0.05, 0.1) is 12.0 Å². The Kier molecular flexibility index (Phi) is 4.74. The third kappa shape index (κ3) is 4.10. The molecule has 0 bridgehead atoms. The molecule has 94 valence electrons. The summed E-state index contributed by atoms with van der Waals surface area (Å²) in [7, 11) is 1.99. The Labute approximate surface area is 97.6 Å². The van der Waals surface area contributed by atoms with Gasteiger partial charge in [-0.3, -0.25) is 4.79 Å². The van der Waals surface area contributed by atoms with E-state index >= 15 is 0 Å². The predicted octanol–water partition coefficient (Wildman–Crippen LogP) is 1.46. The van der Waals surface area contributed by atoms with E-state index in [-0.39, 0.29) is 0 Å². The van der Waals surface area contributed by atoms with Crippen molar-refractivity contribution in [3.8, 4) is 0 Å². The second-order valence-corrected chi connectivity index (χ2v) is 5.47. The summed E-state index contributed by atoms with van der Waals surface area (Å²) in [5.41, 5.74) is -0.676. The maximum atomic E-state index is 11.0. The average molecular weight is 229 g/mol. The van der Waals surface area contributed by atoms with E-state index in [1.54, 1.807) is 13.8 Å². The number of aliphatic carboxylic acids is 1. The standard InChI is InChI=1S/C12H23NO3/c1-12(2,11(14)15)9-13(3)7-10-5-4-6-16-8-10/h10H,4-9H2,1-3H3,(H,14,15). The van der Waals surface area contributed by atoms with Crippen LogP contribution in [0.2, 0.25) is 0 Å². The second kappa shape index (κ2) is 5.64. The third-order valence-electron chi connectivity index (χ3n) is 3.07. The molecule has 0 aromatic heterocycles. The van der Waals surface area contributed by atoms with Crippen molar-refractivity contribution in [1.29, 1.82) is 0 Å². The van der Waals surface area contributed by atoms with Crippen molar-refractivity contribution in [2.75, 3.05) is 33.4 Å². The average Bonchev–Trinajstić information content (AvgIpc) is 2.17. The third-order valence-corrected chi connectivity index (χ3v) is 3.07. The topological polar surface area (TPSA) is 49.8 Å². The summed E-state index contributed by atoms with van der Waals surface area (Å²) < 4.78 is 5.42. The van der Waals surface area contributed by atoms with Crippen molar-refractivity contribution in [2.24, 2.45) is 11.3 Å². The van der Waals surface area contributed by atoms with Crippen LogP contribution in [-0.4, -0.2) is 49.3 Å². The summed E-state index contributed by atoms with van der Waals surface area (Å²) in [6.07, 6.45) is 2.32. The van der Waals surface area contributed by atoms with Crippen molar-refractivity contribution in [2.45, 2.75) is 26.7 Å². The molecule has 4 heteroatoms. The highest BCUT2D eigenvalue weighted by Crippen LogP contribution is 2.19. The molecule has 0 spiro atoms. The minimum atomic E-state index is -0.737. The number of ether oxygens (including phenoxy) is 1. The first kappa shape index (κ1) is 13.5. The Morgan fingerprint density at radius 3 is 2.75 bits per heavy atom. The van der Waals surface area contributed by atoms with Crippen LogP contribution >= 0.6 is 0 Å². The smallest absolute Gasteiger partial charge is 0.310 e. The van der Waals surface area contributed by atoms with E-state index in [0.717, 1.165) is 26.2 Å². The van der Waals surface area contributed by atoms with Crippen LogP contribution in [0.1, 0.15) is 26.7 Å².